The fraction of sp³-hybridized carbons (Fsp3) is 0. The maximum absolute atomic E-state index is 6.43. The van der Waals surface area contributed by atoms with E-state index in [4.69, 9.17) is 4.42 Å². The van der Waals surface area contributed by atoms with Crippen molar-refractivity contribution in [2.45, 2.75) is 0 Å². The Bertz CT molecular complexity index is 2190. The van der Waals surface area contributed by atoms with Crippen LogP contribution in [0.15, 0.2) is 180 Å². The molecule has 0 saturated heterocycles. The normalized spacial score (nSPS) is 11.2. The molecule has 0 fully saturated rings. The third-order valence-electron chi connectivity index (χ3n) is 8.28. The van der Waals surface area contributed by atoms with Crippen LogP contribution in [0.2, 0.25) is 0 Å². The molecule has 0 spiro atoms. The first-order chi connectivity index (χ1) is 21.8. The van der Waals surface area contributed by atoms with Crippen LogP contribution in [0, 0.1) is 0 Å². The maximum atomic E-state index is 6.43. The molecule has 0 aliphatic heterocycles. The Labute approximate surface area is 257 Å². The number of hydrogen-bond donors (Lipinski definition) is 0. The second kappa shape index (κ2) is 11.1. The lowest BCUT2D eigenvalue weighted by molar-refractivity contribution is 0.631. The Morgan fingerprint density at radius 2 is 0.932 bits per heavy atom. The van der Waals surface area contributed by atoms with Crippen molar-refractivity contribution in [3.63, 3.8) is 0 Å². The summed E-state index contributed by atoms with van der Waals surface area (Å²) in [6.45, 7) is 0. The van der Waals surface area contributed by atoms with E-state index in [9.17, 15) is 0 Å². The standard InChI is InChI=1S/C42H29NO/c1-2-12-30(13-3-1)32-22-24-33(25-23-32)37-17-7-9-19-39(37)43(36-27-26-31-14-4-5-15-34(31)28-36)40-20-10-8-18-38(40)42-29-35-16-6-11-21-41(35)44-42/h1-29H. The smallest absolute Gasteiger partial charge is 0.137 e. The zero-order valence-electron chi connectivity index (χ0n) is 24.1. The van der Waals surface area contributed by atoms with Crippen molar-refractivity contribution in [1.29, 1.82) is 0 Å². The van der Waals surface area contributed by atoms with Gasteiger partial charge in [-0.05, 0) is 69.9 Å². The van der Waals surface area contributed by atoms with E-state index in [-0.39, 0.29) is 0 Å². The summed E-state index contributed by atoms with van der Waals surface area (Å²) in [4.78, 5) is 2.37. The predicted octanol–water partition coefficient (Wildman–Crippen LogP) is 12.1. The van der Waals surface area contributed by atoms with Crippen LogP contribution in [0.25, 0.3) is 55.3 Å². The first kappa shape index (κ1) is 25.8. The number of para-hydroxylation sites is 3. The third kappa shape index (κ3) is 4.73. The topological polar surface area (TPSA) is 16.4 Å². The van der Waals surface area contributed by atoms with Crippen LogP contribution in [-0.2, 0) is 0 Å². The highest BCUT2D eigenvalue weighted by Crippen LogP contribution is 2.46. The first-order valence-corrected chi connectivity index (χ1v) is 14.9. The summed E-state index contributed by atoms with van der Waals surface area (Å²) in [7, 11) is 0. The monoisotopic (exact) mass is 563 g/mol. The van der Waals surface area contributed by atoms with Gasteiger partial charge in [0, 0.05) is 22.2 Å². The van der Waals surface area contributed by atoms with E-state index >= 15 is 0 Å². The molecule has 0 bridgehead atoms. The fourth-order valence-corrected chi connectivity index (χ4v) is 6.10. The van der Waals surface area contributed by atoms with Gasteiger partial charge in [-0.2, -0.15) is 0 Å². The minimum Gasteiger partial charge on any atom is -0.456 e. The van der Waals surface area contributed by atoms with E-state index in [1.165, 1.54) is 21.9 Å². The van der Waals surface area contributed by atoms with Crippen molar-refractivity contribution in [2.75, 3.05) is 4.90 Å². The molecule has 0 radical (unpaired) electrons. The van der Waals surface area contributed by atoms with Crippen molar-refractivity contribution in [2.24, 2.45) is 0 Å². The van der Waals surface area contributed by atoms with Crippen molar-refractivity contribution in [3.05, 3.63) is 176 Å². The van der Waals surface area contributed by atoms with E-state index in [1.54, 1.807) is 0 Å². The van der Waals surface area contributed by atoms with Crippen molar-refractivity contribution >= 4 is 38.8 Å². The van der Waals surface area contributed by atoms with Crippen LogP contribution >= 0.6 is 0 Å². The molecule has 0 amide bonds. The van der Waals surface area contributed by atoms with E-state index < -0.39 is 0 Å². The number of benzene rings is 7. The number of hydrogen-bond acceptors (Lipinski definition) is 2. The molecule has 0 N–H and O–H groups in total. The lowest BCUT2D eigenvalue weighted by Crippen LogP contribution is -2.12. The summed E-state index contributed by atoms with van der Waals surface area (Å²) in [6, 6.07) is 62.1. The molecular formula is C42H29NO. The Hall–Kier alpha value is -5.86. The summed E-state index contributed by atoms with van der Waals surface area (Å²) < 4.78 is 6.43. The van der Waals surface area contributed by atoms with Gasteiger partial charge in [0.1, 0.15) is 11.3 Å². The summed E-state index contributed by atoms with van der Waals surface area (Å²) in [5.74, 6) is 0.845. The highest BCUT2D eigenvalue weighted by atomic mass is 16.3. The molecular weight excluding hydrogens is 534 g/mol. The van der Waals surface area contributed by atoms with E-state index in [0.29, 0.717) is 0 Å². The van der Waals surface area contributed by atoms with Gasteiger partial charge >= 0.3 is 0 Å². The van der Waals surface area contributed by atoms with Crippen LogP contribution in [0.5, 0.6) is 0 Å². The van der Waals surface area contributed by atoms with Crippen LogP contribution in [0.4, 0.5) is 17.1 Å². The van der Waals surface area contributed by atoms with Crippen LogP contribution in [0.3, 0.4) is 0 Å². The second-order valence-corrected chi connectivity index (χ2v) is 11.0. The molecule has 0 saturated carbocycles. The number of furan rings is 1. The molecule has 0 unspecified atom stereocenters. The molecule has 44 heavy (non-hydrogen) atoms. The summed E-state index contributed by atoms with van der Waals surface area (Å²) in [5, 5.41) is 3.50. The van der Waals surface area contributed by atoms with Gasteiger partial charge in [-0.1, -0.05) is 133 Å². The highest BCUT2D eigenvalue weighted by molar-refractivity contribution is 5.97. The first-order valence-electron chi connectivity index (χ1n) is 14.9. The van der Waals surface area contributed by atoms with Gasteiger partial charge in [0.2, 0.25) is 0 Å². The van der Waals surface area contributed by atoms with Gasteiger partial charge in [-0.15, -0.1) is 0 Å². The van der Waals surface area contributed by atoms with Crippen molar-refractivity contribution < 1.29 is 4.42 Å². The molecule has 2 heteroatoms. The Balaban J connectivity index is 1.33. The average molecular weight is 564 g/mol. The van der Waals surface area contributed by atoms with Crippen LogP contribution in [-0.4, -0.2) is 0 Å². The van der Waals surface area contributed by atoms with Crippen molar-refractivity contribution in [1.82, 2.24) is 0 Å². The molecule has 1 aromatic heterocycles. The molecule has 0 aliphatic rings. The molecule has 8 rings (SSSR count). The molecule has 2 nitrogen and oxygen atoms in total. The lowest BCUT2D eigenvalue weighted by Gasteiger charge is -2.29. The quantitative estimate of drug-likeness (QED) is 0.200. The van der Waals surface area contributed by atoms with Gasteiger partial charge in [0.25, 0.3) is 0 Å². The molecule has 7 aromatic carbocycles. The highest BCUT2D eigenvalue weighted by Gasteiger charge is 2.22. The molecule has 0 aliphatic carbocycles. The minimum absolute atomic E-state index is 0.845. The van der Waals surface area contributed by atoms with E-state index in [2.05, 4.69) is 163 Å². The summed E-state index contributed by atoms with van der Waals surface area (Å²) in [6.07, 6.45) is 0. The zero-order chi connectivity index (χ0) is 29.3. The van der Waals surface area contributed by atoms with E-state index in [1.807, 2.05) is 18.2 Å². The van der Waals surface area contributed by atoms with Gasteiger partial charge in [-0.25, -0.2) is 0 Å². The summed E-state index contributed by atoms with van der Waals surface area (Å²) >= 11 is 0. The SMILES string of the molecule is c1ccc(-c2ccc(-c3ccccc3N(c3ccc4ccccc4c3)c3ccccc3-c3cc4ccccc4o3)cc2)cc1. The molecule has 0 atom stereocenters. The van der Waals surface area contributed by atoms with Crippen molar-refractivity contribution in [3.8, 4) is 33.6 Å². The second-order valence-electron chi connectivity index (χ2n) is 11.0. The Morgan fingerprint density at radius 1 is 0.364 bits per heavy atom. The number of anilines is 3. The fourth-order valence-electron chi connectivity index (χ4n) is 6.10. The van der Waals surface area contributed by atoms with Gasteiger partial charge in [0.15, 0.2) is 0 Å². The number of fused-ring (bicyclic) bond motifs is 2. The Morgan fingerprint density at radius 3 is 1.70 bits per heavy atom. The van der Waals surface area contributed by atoms with Gasteiger partial charge < -0.3 is 9.32 Å². The van der Waals surface area contributed by atoms with E-state index in [0.717, 1.165) is 50.5 Å². The number of rotatable bonds is 6. The Kier molecular flexibility index (Phi) is 6.51. The summed E-state index contributed by atoms with van der Waals surface area (Å²) in [5.41, 5.74) is 9.87. The largest absolute Gasteiger partial charge is 0.456 e. The number of nitrogens with zero attached hydrogens (tertiary/aromatic N) is 1. The molecule has 1 heterocycles. The van der Waals surface area contributed by atoms with Crippen LogP contribution < -0.4 is 4.90 Å². The van der Waals surface area contributed by atoms with Gasteiger partial charge in [0.05, 0.1) is 11.4 Å². The lowest BCUT2D eigenvalue weighted by atomic mass is 9.97. The van der Waals surface area contributed by atoms with Crippen LogP contribution in [0.1, 0.15) is 0 Å². The zero-order valence-corrected chi connectivity index (χ0v) is 24.1. The minimum atomic E-state index is 0.845. The predicted molar refractivity (Wildman–Crippen MR) is 185 cm³/mol. The molecule has 208 valence electrons. The average Bonchev–Trinajstić information content (AvgIpc) is 3.54. The third-order valence-corrected chi connectivity index (χ3v) is 8.28. The van der Waals surface area contributed by atoms with Gasteiger partial charge in [-0.3, -0.25) is 0 Å². The maximum Gasteiger partial charge on any atom is 0.137 e. The molecule has 8 aromatic rings.